The third kappa shape index (κ3) is 4.96. The monoisotopic (exact) mass is 343 g/mol. The lowest BCUT2D eigenvalue weighted by atomic mass is 10.1. The summed E-state index contributed by atoms with van der Waals surface area (Å²) in [5.41, 5.74) is 0.955. The van der Waals surface area contributed by atoms with E-state index in [9.17, 15) is 9.59 Å². The molecule has 1 aliphatic rings. The van der Waals surface area contributed by atoms with E-state index in [1.54, 1.807) is 34.1 Å². The highest BCUT2D eigenvalue weighted by Gasteiger charge is 2.32. The van der Waals surface area contributed by atoms with Gasteiger partial charge in [0.2, 0.25) is 0 Å². The van der Waals surface area contributed by atoms with Crippen LogP contribution in [0.5, 0.6) is 0 Å². The Hall–Kier alpha value is -2.55. The minimum atomic E-state index is -0.533. The fraction of sp³-hybridized carbons (Fsp3) is 0.526. The number of hydrogen-bond acceptors (Lipinski definition) is 4. The molecule has 1 fully saturated rings. The molecule has 1 aromatic rings. The lowest BCUT2D eigenvalue weighted by Gasteiger charge is -2.40. The molecule has 6 nitrogen and oxygen atoms in total. The molecule has 0 radical (unpaired) electrons. The predicted molar refractivity (Wildman–Crippen MR) is 94.1 cm³/mol. The first-order chi connectivity index (χ1) is 11.7. The number of piperazine rings is 1. The first-order valence-electron chi connectivity index (χ1n) is 8.46. The molecular weight excluding hydrogens is 318 g/mol. The van der Waals surface area contributed by atoms with Crippen molar-refractivity contribution in [3.8, 4) is 6.07 Å². The van der Waals surface area contributed by atoms with Crippen molar-refractivity contribution in [2.24, 2.45) is 0 Å². The maximum Gasteiger partial charge on any atom is 0.410 e. The highest BCUT2D eigenvalue weighted by molar-refractivity contribution is 5.94. The van der Waals surface area contributed by atoms with Gasteiger partial charge in [-0.2, -0.15) is 5.26 Å². The third-order valence-electron chi connectivity index (χ3n) is 4.03. The Morgan fingerprint density at radius 1 is 1.24 bits per heavy atom. The van der Waals surface area contributed by atoms with E-state index in [0.717, 1.165) is 5.56 Å². The average molecular weight is 343 g/mol. The van der Waals surface area contributed by atoms with Crippen LogP contribution in [0, 0.1) is 11.3 Å². The summed E-state index contributed by atoms with van der Waals surface area (Å²) in [5, 5.41) is 8.70. The van der Waals surface area contributed by atoms with Crippen LogP contribution in [-0.2, 0) is 11.2 Å². The van der Waals surface area contributed by atoms with E-state index in [0.29, 0.717) is 31.6 Å². The van der Waals surface area contributed by atoms with Gasteiger partial charge in [-0.25, -0.2) is 4.79 Å². The maximum atomic E-state index is 12.6. The number of ether oxygens (including phenoxy) is 1. The molecule has 1 aromatic carbocycles. The smallest absolute Gasteiger partial charge is 0.410 e. The molecule has 2 rings (SSSR count). The summed E-state index contributed by atoms with van der Waals surface area (Å²) in [6, 6.07) is 9.09. The van der Waals surface area contributed by atoms with Crippen molar-refractivity contribution in [2.75, 3.05) is 19.6 Å². The fourth-order valence-corrected chi connectivity index (χ4v) is 2.77. The molecule has 25 heavy (non-hydrogen) atoms. The summed E-state index contributed by atoms with van der Waals surface area (Å²) in [6.45, 7) is 8.83. The number of amides is 2. The van der Waals surface area contributed by atoms with E-state index in [4.69, 9.17) is 10.00 Å². The molecule has 134 valence electrons. The Balaban J connectivity index is 1.99. The molecule has 0 spiro atoms. The van der Waals surface area contributed by atoms with Gasteiger partial charge >= 0.3 is 6.09 Å². The second-order valence-corrected chi connectivity index (χ2v) is 7.31. The summed E-state index contributed by atoms with van der Waals surface area (Å²) >= 11 is 0. The van der Waals surface area contributed by atoms with Crippen LogP contribution in [0.2, 0.25) is 0 Å². The normalized spacial score (nSPS) is 17.8. The third-order valence-corrected chi connectivity index (χ3v) is 4.03. The van der Waals surface area contributed by atoms with Crippen molar-refractivity contribution in [2.45, 2.75) is 45.8 Å². The number of nitrogens with zero attached hydrogens (tertiary/aromatic N) is 3. The highest BCUT2D eigenvalue weighted by atomic mass is 16.6. The van der Waals surface area contributed by atoms with Crippen molar-refractivity contribution in [3.63, 3.8) is 0 Å². The van der Waals surface area contributed by atoms with E-state index >= 15 is 0 Å². The summed E-state index contributed by atoms with van der Waals surface area (Å²) in [6.07, 6.45) is -0.00646. The Morgan fingerprint density at radius 2 is 1.88 bits per heavy atom. The Kier molecular flexibility index (Phi) is 5.68. The average Bonchev–Trinajstić information content (AvgIpc) is 2.53. The van der Waals surface area contributed by atoms with Crippen LogP contribution in [-0.4, -0.2) is 53.1 Å². The van der Waals surface area contributed by atoms with Crippen LogP contribution in [0.3, 0.4) is 0 Å². The van der Waals surface area contributed by atoms with E-state index in [2.05, 4.69) is 6.07 Å². The van der Waals surface area contributed by atoms with Crippen LogP contribution in [0.25, 0.3) is 0 Å². The molecule has 1 heterocycles. The van der Waals surface area contributed by atoms with Gasteiger partial charge in [0.15, 0.2) is 0 Å². The Labute approximate surface area is 149 Å². The molecule has 0 aliphatic carbocycles. The molecule has 0 unspecified atom stereocenters. The number of hydrogen-bond donors (Lipinski definition) is 0. The van der Waals surface area contributed by atoms with E-state index in [1.807, 2.05) is 27.7 Å². The van der Waals surface area contributed by atoms with Gasteiger partial charge in [0.05, 0.1) is 12.5 Å². The maximum absolute atomic E-state index is 12.6. The molecule has 0 aromatic heterocycles. The van der Waals surface area contributed by atoms with Gasteiger partial charge in [-0.05, 0) is 45.4 Å². The number of carbonyl (C=O) groups excluding carboxylic acids is 2. The molecule has 1 aliphatic heterocycles. The van der Waals surface area contributed by atoms with Gasteiger partial charge < -0.3 is 14.5 Å². The highest BCUT2D eigenvalue weighted by Crippen LogP contribution is 2.17. The SMILES string of the molecule is C[C@H]1CN(C(=O)c2ccc(CC#N)cc2)CCN1C(=O)OC(C)(C)C. The van der Waals surface area contributed by atoms with E-state index in [-0.39, 0.29) is 18.0 Å². The summed E-state index contributed by atoms with van der Waals surface area (Å²) in [7, 11) is 0. The first-order valence-corrected chi connectivity index (χ1v) is 8.46. The lowest BCUT2D eigenvalue weighted by Crippen LogP contribution is -2.56. The van der Waals surface area contributed by atoms with Crippen LogP contribution < -0.4 is 0 Å². The molecule has 1 atom stereocenters. The zero-order valence-electron chi connectivity index (χ0n) is 15.3. The number of nitriles is 1. The van der Waals surface area contributed by atoms with E-state index < -0.39 is 5.60 Å². The van der Waals surface area contributed by atoms with Crippen LogP contribution in [0.4, 0.5) is 4.79 Å². The van der Waals surface area contributed by atoms with Gasteiger partial charge in [0.25, 0.3) is 5.91 Å². The van der Waals surface area contributed by atoms with Gasteiger partial charge in [0.1, 0.15) is 5.60 Å². The molecule has 1 saturated heterocycles. The Morgan fingerprint density at radius 3 is 2.40 bits per heavy atom. The number of rotatable bonds is 2. The molecule has 0 saturated carbocycles. The first kappa shape index (κ1) is 18.8. The van der Waals surface area contributed by atoms with Crippen LogP contribution >= 0.6 is 0 Å². The fourth-order valence-electron chi connectivity index (χ4n) is 2.77. The summed E-state index contributed by atoms with van der Waals surface area (Å²) in [4.78, 5) is 28.3. The van der Waals surface area contributed by atoms with Crippen molar-refractivity contribution in [1.82, 2.24) is 9.80 Å². The van der Waals surface area contributed by atoms with Crippen molar-refractivity contribution in [1.29, 1.82) is 5.26 Å². The molecule has 2 amide bonds. The quantitative estimate of drug-likeness (QED) is 0.827. The predicted octanol–water partition coefficient (Wildman–Crippen LogP) is 2.83. The largest absolute Gasteiger partial charge is 0.444 e. The van der Waals surface area contributed by atoms with Gasteiger partial charge in [-0.15, -0.1) is 0 Å². The van der Waals surface area contributed by atoms with Crippen molar-refractivity contribution < 1.29 is 14.3 Å². The van der Waals surface area contributed by atoms with Crippen LogP contribution in [0.15, 0.2) is 24.3 Å². The zero-order chi connectivity index (χ0) is 18.6. The van der Waals surface area contributed by atoms with Gasteiger partial charge in [0, 0.05) is 31.2 Å². The summed E-state index contributed by atoms with van der Waals surface area (Å²) < 4.78 is 5.42. The van der Waals surface area contributed by atoms with Gasteiger partial charge in [-0.1, -0.05) is 12.1 Å². The second kappa shape index (κ2) is 7.56. The number of benzene rings is 1. The minimum absolute atomic E-state index is 0.0563. The molecule has 6 heteroatoms. The van der Waals surface area contributed by atoms with Crippen LogP contribution in [0.1, 0.15) is 43.6 Å². The van der Waals surface area contributed by atoms with Crippen molar-refractivity contribution in [3.05, 3.63) is 35.4 Å². The van der Waals surface area contributed by atoms with E-state index in [1.165, 1.54) is 0 Å². The van der Waals surface area contributed by atoms with Crippen molar-refractivity contribution >= 4 is 12.0 Å². The number of carbonyl (C=O) groups is 2. The second-order valence-electron chi connectivity index (χ2n) is 7.31. The molecular formula is C19H25N3O3. The topological polar surface area (TPSA) is 73.6 Å². The Bertz CT molecular complexity index is 671. The minimum Gasteiger partial charge on any atom is -0.444 e. The van der Waals surface area contributed by atoms with Gasteiger partial charge in [-0.3, -0.25) is 4.79 Å². The lowest BCUT2D eigenvalue weighted by molar-refractivity contribution is 0.00198. The summed E-state index contributed by atoms with van der Waals surface area (Å²) in [5.74, 6) is -0.0563. The molecule has 0 N–H and O–H groups in total. The zero-order valence-corrected chi connectivity index (χ0v) is 15.3. The molecule has 0 bridgehead atoms. The standard InChI is InChI=1S/C19H25N3O3/c1-14-13-21(11-12-22(14)18(24)25-19(2,3)4)17(23)16-7-5-15(6-8-16)9-10-20/h5-8,14H,9,11-13H2,1-4H3/t14-/m0/s1.